The Kier molecular flexibility index (Phi) is 4.73. The van der Waals surface area contributed by atoms with E-state index in [9.17, 15) is 9.59 Å². The molecule has 0 aliphatic carbocycles. The SMILES string of the molecule is O=C(CCOc1ccc(Cl)cc1)Nc1ccnc(=O)[nH]1. The molecule has 1 heterocycles. The normalized spacial score (nSPS) is 10.1. The largest absolute Gasteiger partial charge is 0.493 e. The van der Waals surface area contributed by atoms with Gasteiger partial charge in [0, 0.05) is 11.2 Å². The van der Waals surface area contributed by atoms with Crippen molar-refractivity contribution in [2.45, 2.75) is 6.42 Å². The molecule has 20 heavy (non-hydrogen) atoms. The predicted molar refractivity (Wildman–Crippen MR) is 75.1 cm³/mol. The molecular weight excluding hydrogens is 282 g/mol. The first kappa shape index (κ1) is 14.1. The van der Waals surface area contributed by atoms with Crippen LogP contribution in [-0.2, 0) is 4.79 Å². The van der Waals surface area contributed by atoms with Crippen LogP contribution in [0.2, 0.25) is 5.02 Å². The van der Waals surface area contributed by atoms with E-state index in [0.29, 0.717) is 16.6 Å². The summed E-state index contributed by atoms with van der Waals surface area (Å²) in [6.07, 6.45) is 1.48. The van der Waals surface area contributed by atoms with Gasteiger partial charge in [-0.15, -0.1) is 0 Å². The van der Waals surface area contributed by atoms with Crippen LogP contribution in [0.5, 0.6) is 5.75 Å². The lowest BCUT2D eigenvalue weighted by atomic mass is 10.3. The van der Waals surface area contributed by atoms with Crippen molar-refractivity contribution in [1.82, 2.24) is 9.97 Å². The molecule has 7 heteroatoms. The molecule has 0 spiro atoms. The second kappa shape index (κ2) is 6.72. The Labute approximate surface area is 119 Å². The number of nitrogens with zero attached hydrogens (tertiary/aromatic N) is 1. The van der Waals surface area contributed by atoms with E-state index >= 15 is 0 Å². The lowest BCUT2D eigenvalue weighted by molar-refractivity contribution is -0.116. The molecule has 0 unspecified atom stereocenters. The number of hydrogen-bond acceptors (Lipinski definition) is 4. The van der Waals surface area contributed by atoms with Gasteiger partial charge in [0.15, 0.2) is 0 Å². The van der Waals surface area contributed by atoms with Crippen molar-refractivity contribution in [3.05, 3.63) is 52.0 Å². The zero-order valence-corrected chi connectivity index (χ0v) is 11.2. The second-order valence-corrected chi connectivity index (χ2v) is 4.33. The number of aromatic amines is 1. The third kappa shape index (κ3) is 4.40. The zero-order chi connectivity index (χ0) is 14.4. The van der Waals surface area contributed by atoms with Crippen LogP contribution in [0.25, 0.3) is 0 Å². The fourth-order valence-corrected chi connectivity index (χ4v) is 1.57. The summed E-state index contributed by atoms with van der Waals surface area (Å²) < 4.78 is 5.39. The smallest absolute Gasteiger partial charge is 0.346 e. The Hall–Kier alpha value is -2.34. The minimum Gasteiger partial charge on any atom is -0.493 e. The average molecular weight is 294 g/mol. The standard InChI is InChI=1S/C13H12ClN3O3/c14-9-1-3-10(4-2-9)20-8-6-12(18)16-11-5-7-15-13(19)17-11/h1-5,7H,6,8H2,(H2,15,16,17,18,19). The van der Waals surface area contributed by atoms with Crippen LogP contribution in [0.15, 0.2) is 41.3 Å². The van der Waals surface area contributed by atoms with E-state index in [2.05, 4.69) is 15.3 Å². The summed E-state index contributed by atoms with van der Waals surface area (Å²) in [4.78, 5) is 28.4. The fraction of sp³-hybridized carbons (Fsp3) is 0.154. The molecule has 0 aliphatic heterocycles. The Bertz CT molecular complexity index is 640. The number of H-pyrrole nitrogens is 1. The monoisotopic (exact) mass is 293 g/mol. The molecule has 0 atom stereocenters. The van der Waals surface area contributed by atoms with Crippen molar-refractivity contribution in [2.75, 3.05) is 11.9 Å². The number of rotatable bonds is 5. The highest BCUT2D eigenvalue weighted by Gasteiger charge is 2.03. The predicted octanol–water partition coefficient (Wildman–Crippen LogP) is 1.83. The number of carbonyl (C=O) groups excluding carboxylic acids is 1. The number of hydrogen-bond donors (Lipinski definition) is 2. The lowest BCUT2D eigenvalue weighted by Crippen LogP contribution is -2.19. The molecule has 0 saturated carbocycles. The first-order chi connectivity index (χ1) is 9.63. The maximum Gasteiger partial charge on any atom is 0.346 e. The molecule has 2 N–H and O–H groups in total. The van der Waals surface area contributed by atoms with E-state index in [-0.39, 0.29) is 18.9 Å². The summed E-state index contributed by atoms with van der Waals surface area (Å²) in [7, 11) is 0. The average Bonchev–Trinajstić information content (AvgIpc) is 2.41. The van der Waals surface area contributed by atoms with Crippen molar-refractivity contribution in [1.29, 1.82) is 0 Å². The van der Waals surface area contributed by atoms with Gasteiger partial charge in [0.2, 0.25) is 5.91 Å². The topological polar surface area (TPSA) is 84.1 Å². The van der Waals surface area contributed by atoms with Crippen LogP contribution in [0.3, 0.4) is 0 Å². The third-order valence-corrected chi connectivity index (χ3v) is 2.61. The number of nitrogens with one attached hydrogen (secondary N) is 2. The number of halogens is 1. The Balaban J connectivity index is 1.78. The van der Waals surface area contributed by atoms with Gasteiger partial charge in [0.25, 0.3) is 0 Å². The highest BCUT2D eigenvalue weighted by Crippen LogP contribution is 2.15. The molecule has 0 radical (unpaired) electrons. The van der Waals surface area contributed by atoms with E-state index in [0.717, 1.165) is 0 Å². The molecule has 1 aromatic heterocycles. The van der Waals surface area contributed by atoms with Crippen LogP contribution in [-0.4, -0.2) is 22.5 Å². The number of amides is 1. The number of anilines is 1. The van der Waals surface area contributed by atoms with Gasteiger partial charge in [-0.3, -0.25) is 9.78 Å². The second-order valence-electron chi connectivity index (χ2n) is 3.89. The van der Waals surface area contributed by atoms with Gasteiger partial charge in [0.1, 0.15) is 11.6 Å². The van der Waals surface area contributed by atoms with Crippen LogP contribution in [0, 0.1) is 0 Å². The number of carbonyl (C=O) groups is 1. The van der Waals surface area contributed by atoms with Gasteiger partial charge in [0.05, 0.1) is 13.0 Å². The fourth-order valence-electron chi connectivity index (χ4n) is 1.45. The van der Waals surface area contributed by atoms with Crippen LogP contribution in [0.1, 0.15) is 6.42 Å². The van der Waals surface area contributed by atoms with E-state index in [1.54, 1.807) is 24.3 Å². The molecule has 0 fully saturated rings. The molecule has 0 aliphatic rings. The van der Waals surface area contributed by atoms with Gasteiger partial charge in [-0.05, 0) is 30.3 Å². The molecule has 2 aromatic rings. The quantitative estimate of drug-likeness (QED) is 0.881. The van der Waals surface area contributed by atoms with E-state index in [1.165, 1.54) is 12.3 Å². The van der Waals surface area contributed by atoms with E-state index in [4.69, 9.17) is 16.3 Å². The maximum atomic E-state index is 11.6. The first-order valence-corrected chi connectivity index (χ1v) is 6.25. The van der Waals surface area contributed by atoms with Gasteiger partial charge >= 0.3 is 5.69 Å². The van der Waals surface area contributed by atoms with Gasteiger partial charge in [-0.2, -0.15) is 0 Å². The summed E-state index contributed by atoms with van der Waals surface area (Å²) >= 11 is 5.75. The Morgan fingerprint density at radius 2 is 2.05 bits per heavy atom. The maximum absolute atomic E-state index is 11.6. The minimum absolute atomic E-state index is 0.160. The van der Waals surface area contributed by atoms with Crippen molar-refractivity contribution in [3.8, 4) is 5.75 Å². The molecule has 6 nitrogen and oxygen atoms in total. The van der Waals surface area contributed by atoms with Crippen LogP contribution < -0.4 is 15.7 Å². The van der Waals surface area contributed by atoms with Crippen LogP contribution >= 0.6 is 11.6 Å². The Morgan fingerprint density at radius 1 is 1.30 bits per heavy atom. The molecule has 2 rings (SSSR count). The molecule has 0 saturated heterocycles. The van der Waals surface area contributed by atoms with Crippen molar-refractivity contribution < 1.29 is 9.53 Å². The first-order valence-electron chi connectivity index (χ1n) is 5.87. The van der Waals surface area contributed by atoms with Gasteiger partial charge < -0.3 is 10.1 Å². The molecule has 1 aromatic carbocycles. The minimum atomic E-state index is -0.514. The zero-order valence-electron chi connectivity index (χ0n) is 10.4. The van der Waals surface area contributed by atoms with Crippen LogP contribution in [0.4, 0.5) is 5.82 Å². The lowest BCUT2D eigenvalue weighted by Gasteiger charge is -2.07. The summed E-state index contributed by atoms with van der Waals surface area (Å²) in [6, 6.07) is 8.36. The highest BCUT2D eigenvalue weighted by atomic mass is 35.5. The summed E-state index contributed by atoms with van der Waals surface area (Å²) in [6.45, 7) is 0.225. The van der Waals surface area contributed by atoms with Crippen molar-refractivity contribution in [3.63, 3.8) is 0 Å². The summed E-state index contributed by atoms with van der Waals surface area (Å²) in [5.41, 5.74) is -0.514. The highest BCUT2D eigenvalue weighted by molar-refractivity contribution is 6.30. The van der Waals surface area contributed by atoms with E-state index in [1.807, 2.05) is 0 Å². The van der Waals surface area contributed by atoms with E-state index < -0.39 is 5.69 Å². The third-order valence-electron chi connectivity index (χ3n) is 2.36. The summed E-state index contributed by atoms with van der Waals surface area (Å²) in [5, 5.41) is 3.16. The number of ether oxygens (including phenoxy) is 1. The number of aromatic nitrogens is 2. The molecule has 1 amide bonds. The van der Waals surface area contributed by atoms with Gasteiger partial charge in [-0.25, -0.2) is 9.78 Å². The molecule has 104 valence electrons. The Morgan fingerprint density at radius 3 is 2.75 bits per heavy atom. The summed E-state index contributed by atoms with van der Waals surface area (Å²) in [5.74, 6) is 0.682. The molecule has 0 bridgehead atoms. The van der Waals surface area contributed by atoms with Gasteiger partial charge in [-0.1, -0.05) is 11.6 Å². The van der Waals surface area contributed by atoms with Crippen molar-refractivity contribution >= 4 is 23.3 Å². The van der Waals surface area contributed by atoms with Crippen molar-refractivity contribution in [2.24, 2.45) is 0 Å². The molecular formula is C13H12ClN3O3. The number of benzene rings is 1.